The first kappa shape index (κ1) is 10.9. The Hall–Kier alpha value is -0.220. The second kappa shape index (κ2) is 3.88. The summed E-state index contributed by atoms with van der Waals surface area (Å²) in [5.74, 6) is 0.719. The summed E-state index contributed by atoms with van der Waals surface area (Å²) >= 11 is 1.65. The molecule has 2 atom stereocenters. The minimum Gasteiger partial charge on any atom is -0.479 e. The van der Waals surface area contributed by atoms with Crippen LogP contribution in [-0.2, 0) is 9.53 Å². The van der Waals surface area contributed by atoms with Gasteiger partial charge in [0.05, 0.1) is 6.10 Å². The van der Waals surface area contributed by atoms with Crippen LogP contribution < -0.4 is 0 Å². The molecule has 0 aromatic carbocycles. The van der Waals surface area contributed by atoms with Gasteiger partial charge < -0.3 is 9.84 Å². The van der Waals surface area contributed by atoms with Crippen LogP contribution in [0, 0.1) is 5.92 Å². The van der Waals surface area contributed by atoms with E-state index in [2.05, 4.69) is 0 Å². The van der Waals surface area contributed by atoms with Crippen LogP contribution in [0.25, 0.3) is 0 Å². The van der Waals surface area contributed by atoms with E-state index in [0.717, 1.165) is 5.75 Å². The molecule has 0 radical (unpaired) electrons. The third-order valence-electron chi connectivity index (χ3n) is 2.29. The lowest BCUT2D eigenvalue weighted by molar-refractivity contribution is -0.173. The van der Waals surface area contributed by atoms with Crippen molar-refractivity contribution in [2.45, 2.75) is 32.5 Å². The van der Waals surface area contributed by atoms with Gasteiger partial charge in [0.25, 0.3) is 0 Å². The number of carboxylic acids is 1. The molecule has 1 rings (SSSR count). The van der Waals surface area contributed by atoms with E-state index in [1.54, 1.807) is 11.8 Å². The molecule has 1 saturated heterocycles. The van der Waals surface area contributed by atoms with E-state index in [0.29, 0.717) is 5.75 Å². The van der Waals surface area contributed by atoms with E-state index < -0.39 is 11.6 Å². The fraction of sp³-hybridized carbons (Fsp3) is 0.889. The Morgan fingerprint density at radius 1 is 1.69 bits per heavy atom. The second-order valence-corrected chi connectivity index (χ2v) is 4.81. The number of carbonyl (C=O) groups is 1. The van der Waals surface area contributed by atoms with Gasteiger partial charge in [-0.2, -0.15) is 11.8 Å². The Bertz CT molecular complexity index is 205. The van der Waals surface area contributed by atoms with Gasteiger partial charge in [-0.25, -0.2) is 4.79 Å². The molecule has 0 aromatic heterocycles. The van der Waals surface area contributed by atoms with Crippen LogP contribution >= 0.6 is 11.8 Å². The highest BCUT2D eigenvalue weighted by atomic mass is 32.2. The highest BCUT2D eigenvalue weighted by Crippen LogP contribution is 2.37. The molecule has 4 heteroatoms. The fourth-order valence-electron chi connectivity index (χ4n) is 1.56. The highest BCUT2D eigenvalue weighted by Gasteiger charge is 2.49. The Balaban J connectivity index is 2.80. The van der Waals surface area contributed by atoms with Crippen molar-refractivity contribution in [1.29, 1.82) is 0 Å². The molecule has 1 aliphatic heterocycles. The van der Waals surface area contributed by atoms with E-state index in [-0.39, 0.29) is 12.0 Å². The molecule has 0 bridgehead atoms. The number of aliphatic carboxylic acids is 1. The number of thioether (sulfide) groups is 1. The normalized spacial score (nSPS) is 34.0. The summed E-state index contributed by atoms with van der Waals surface area (Å²) in [5.41, 5.74) is -0.946. The lowest BCUT2D eigenvalue weighted by Crippen LogP contribution is -2.48. The molecule has 2 unspecified atom stereocenters. The Kier molecular flexibility index (Phi) is 3.24. The molecular formula is C9H16O3S. The van der Waals surface area contributed by atoms with Gasteiger partial charge in [-0.1, -0.05) is 6.92 Å². The molecule has 13 heavy (non-hydrogen) atoms. The first-order chi connectivity index (χ1) is 5.99. The predicted molar refractivity (Wildman–Crippen MR) is 53.1 cm³/mol. The summed E-state index contributed by atoms with van der Waals surface area (Å²) in [7, 11) is 0. The summed E-state index contributed by atoms with van der Waals surface area (Å²) in [6, 6.07) is 0. The van der Waals surface area contributed by atoms with E-state index in [9.17, 15) is 4.79 Å². The maximum atomic E-state index is 11.1. The Morgan fingerprint density at radius 3 is 2.62 bits per heavy atom. The zero-order valence-corrected chi connectivity index (χ0v) is 9.06. The zero-order valence-electron chi connectivity index (χ0n) is 8.24. The summed E-state index contributed by atoms with van der Waals surface area (Å²) in [6.45, 7) is 5.69. The van der Waals surface area contributed by atoms with Crippen LogP contribution in [0.2, 0.25) is 0 Å². The number of rotatable bonds is 3. The van der Waals surface area contributed by atoms with Gasteiger partial charge in [0.2, 0.25) is 0 Å². The fourth-order valence-corrected chi connectivity index (χ4v) is 3.08. The predicted octanol–water partition coefficient (Wildman–Crippen LogP) is 1.62. The Labute approximate surface area is 82.8 Å². The van der Waals surface area contributed by atoms with Crippen LogP contribution in [0.15, 0.2) is 0 Å². The first-order valence-corrected chi connectivity index (χ1v) is 5.63. The monoisotopic (exact) mass is 204 g/mol. The molecule has 0 aliphatic carbocycles. The summed E-state index contributed by atoms with van der Waals surface area (Å²) < 4.78 is 5.55. The largest absolute Gasteiger partial charge is 0.479 e. The van der Waals surface area contributed by atoms with Crippen molar-refractivity contribution in [3.05, 3.63) is 0 Å². The molecule has 0 aromatic rings. The van der Waals surface area contributed by atoms with Gasteiger partial charge in [-0.05, 0) is 19.6 Å². The van der Waals surface area contributed by atoms with Crippen molar-refractivity contribution in [3.63, 3.8) is 0 Å². The van der Waals surface area contributed by atoms with Crippen molar-refractivity contribution < 1.29 is 14.6 Å². The average molecular weight is 204 g/mol. The number of carboxylic acid groups (broad SMARTS) is 1. The third kappa shape index (κ3) is 1.99. The molecule has 0 spiro atoms. The highest BCUT2D eigenvalue weighted by molar-refractivity contribution is 7.99. The number of ether oxygens (including phenoxy) is 1. The van der Waals surface area contributed by atoms with Crippen LogP contribution in [-0.4, -0.2) is 34.3 Å². The van der Waals surface area contributed by atoms with Gasteiger partial charge in [0, 0.05) is 11.7 Å². The average Bonchev–Trinajstić information content (AvgIpc) is 2.32. The van der Waals surface area contributed by atoms with Crippen molar-refractivity contribution >= 4 is 17.7 Å². The van der Waals surface area contributed by atoms with Gasteiger partial charge in [-0.15, -0.1) is 0 Å². The Morgan fingerprint density at radius 2 is 2.31 bits per heavy atom. The number of hydrogen-bond donors (Lipinski definition) is 1. The van der Waals surface area contributed by atoms with Crippen molar-refractivity contribution in [2.75, 3.05) is 11.5 Å². The summed E-state index contributed by atoms with van der Waals surface area (Å²) in [5, 5.41) is 9.14. The maximum absolute atomic E-state index is 11.1. The molecule has 0 saturated carbocycles. The standard InChI is InChI=1S/C9H16O3S/c1-6(2)12-9(8(10)11)5-13-4-7(9)3/h6-7H,4-5H2,1-3H3,(H,10,11). The van der Waals surface area contributed by atoms with E-state index in [1.165, 1.54) is 0 Å². The molecule has 1 fully saturated rings. The minimum atomic E-state index is -0.946. The molecule has 0 amide bonds. The van der Waals surface area contributed by atoms with E-state index in [1.807, 2.05) is 20.8 Å². The lowest BCUT2D eigenvalue weighted by Gasteiger charge is -2.30. The molecule has 1 N–H and O–H groups in total. The number of hydrogen-bond acceptors (Lipinski definition) is 3. The topological polar surface area (TPSA) is 46.5 Å². The molecule has 1 aliphatic rings. The smallest absolute Gasteiger partial charge is 0.337 e. The van der Waals surface area contributed by atoms with Crippen LogP contribution in [0.3, 0.4) is 0 Å². The lowest BCUT2D eigenvalue weighted by atomic mass is 9.92. The van der Waals surface area contributed by atoms with Crippen LogP contribution in [0.1, 0.15) is 20.8 Å². The van der Waals surface area contributed by atoms with Crippen LogP contribution in [0.5, 0.6) is 0 Å². The second-order valence-electron chi connectivity index (χ2n) is 3.78. The van der Waals surface area contributed by atoms with Crippen molar-refractivity contribution in [2.24, 2.45) is 5.92 Å². The molecular weight excluding hydrogens is 188 g/mol. The van der Waals surface area contributed by atoms with Crippen LogP contribution in [0.4, 0.5) is 0 Å². The van der Waals surface area contributed by atoms with E-state index >= 15 is 0 Å². The van der Waals surface area contributed by atoms with Crippen molar-refractivity contribution in [3.8, 4) is 0 Å². The molecule has 76 valence electrons. The SMILES string of the molecule is CC(C)OC1(C(=O)O)CSCC1C. The van der Waals surface area contributed by atoms with Gasteiger partial charge in [0.15, 0.2) is 5.60 Å². The third-order valence-corrected chi connectivity index (χ3v) is 3.66. The minimum absolute atomic E-state index is 0.0303. The quantitative estimate of drug-likeness (QED) is 0.758. The van der Waals surface area contributed by atoms with Crippen molar-refractivity contribution in [1.82, 2.24) is 0 Å². The van der Waals surface area contributed by atoms with Gasteiger partial charge >= 0.3 is 5.97 Å². The zero-order chi connectivity index (χ0) is 10.1. The maximum Gasteiger partial charge on any atom is 0.337 e. The molecule has 1 heterocycles. The van der Waals surface area contributed by atoms with Gasteiger partial charge in [-0.3, -0.25) is 0 Å². The van der Waals surface area contributed by atoms with Gasteiger partial charge in [0.1, 0.15) is 0 Å². The van der Waals surface area contributed by atoms with E-state index in [4.69, 9.17) is 9.84 Å². The summed E-state index contributed by atoms with van der Waals surface area (Å²) in [4.78, 5) is 11.1. The summed E-state index contributed by atoms with van der Waals surface area (Å²) in [6.07, 6.45) is -0.0303. The molecule has 3 nitrogen and oxygen atoms in total. The first-order valence-electron chi connectivity index (χ1n) is 4.48.